The molecule has 0 aromatic rings. The lowest BCUT2D eigenvalue weighted by atomic mass is 10.0. The molecule has 3 nitrogen and oxygen atoms in total. The first-order valence-electron chi connectivity index (χ1n) is 6.67. The van der Waals surface area contributed by atoms with Gasteiger partial charge in [0.2, 0.25) is 0 Å². The summed E-state index contributed by atoms with van der Waals surface area (Å²) < 4.78 is 5.13. The van der Waals surface area contributed by atoms with E-state index < -0.39 is 5.60 Å². The van der Waals surface area contributed by atoms with Gasteiger partial charge in [-0.25, -0.2) is 4.79 Å². The molecule has 0 aliphatic carbocycles. The number of carbonyl (C=O) groups excluding carboxylic acids is 1. The molecule has 0 aromatic carbocycles. The lowest BCUT2D eigenvalue weighted by Gasteiger charge is -2.27. The Morgan fingerprint density at radius 3 is 1.59 bits per heavy atom. The topological polar surface area (TPSA) is 38.3 Å². The van der Waals surface area contributed by atoms with Gasteiger partial charge in [0.15, 0.2) is 0 Å². The number of alkyl carbamates (subject to hydrolysis) is 1. The maximum atomic E-state index is 11.3. The number of carbonyl (C=O) groups is 1. The van der Waals surface area contributed by atoms with Gasteiger partial charge >= 0.3 is 6.09 Å². The molecule has 0 bridgehead atoms. The van der Waals surface area contributed by atoms with Gasteiger partial charge in [-0.15, -0.1) is 0 Å². The van der Waals surface area contributed by atoms with Crippen LogP contribution in [0.4, 0.5) is 4.79 Å². The largest absolute Gasteiger partial charge is 0.444 e. The molecule has 3 heteroatoms. The van der Waals surface area contributed by atoms with Gasteiger partial charge < -0.3 is 10.1 Å². The predicted octanol–water partition coefficient (Wildman–Crippen LogP) is 4.75. The standard InChI is InChI=1S/C10H21NO2.2C2H6/c1-7-10(5,6)11-8(12)13-9(2,3)4;2*1-2/h7H2,1-6H3,(H,11,12);2*1-2H3. The number of nitrogens with one attached hydrogen (secondary N) is 1. The molecule has 17 heavy (non-hydrogen) atoms. The molecule has 1 N–H and O–H groups in total. The van der Waals surface area contributed by atoms with Gasteiger partial charge in [0.05, 0.1) is 0 Å². The highest BCUT2D eigenvalue weighted by Gasteiger charge is 2.22. The maximum absolute atomic E-state index is 11.3. The van der Waals surface area contributed by atoms with E-state index in [9.17, 15) is 4.79 Å². The highest BCUT2D eigenvalue weighted by Crippen LogP contribution is 2.11. The van der Waals surface area contributed by atoms with Crippen molar-refractivity contribution in [3.8, 4) is 0 Å². The number of ether oxygens (including phenoxy) is 1. The number of hydrogen-bond donors (Lipinski definition) is 1. The van der Waals surface area contributed by atoms with Crippen molar-refractivity contribution in [2.24, 2.45) is 0 Å². The smallest absolute Gasteiger partial charge is 0.408 e. The molecule has 0 saturated carbocycles. The van der Waals surface area contributed by atoms with Crippen LogP contribution in [-0.4, -0.2) is 17.2 Å². The van der Waals surface area contributed by atoms with Gasteiger partial charge in [0, 0.05) is 5.54 Å². The van der Waals surface area contributed by atoms with Crippen LogP contribution in [0.1, 0.15) is 75.7 Å². The van der Waals surface area contributed by atoms with E-state index >= 15 is 0 Å². The maximum Gasteiger partial charge on any atom is 0.408 e. The molecule has 0 radical (unpaired) electrons. The Hall–Kier alpha value is -0.730. The Kier molecular flexibility index (Phi) is 13.2. The van der Waals surface area contributed by atoms with Crippen molar-refractivity contribution in [2.45, 2.75) is 86.8 Å². The second-order valence-corrected chi connectivity index (χ2v) is 4.86. The summed E-state index contributed by atoms with van der Waals surface area (Å²) in [6, 6.07) is 0. The zero-order valence-corrected chi connectivity index (χ0v) is 13.5. The second kappa shape index (κ2) is 10.4. The fraction of sp³-hybridized carbons (Fsp3) is 0.929. The number of amides is 1. The molecule has 0 aromatic heterocycles. The molecular formula is C14H33NO2. The molecule has 0 rings (SSSR count). The minimum absolute atomic E-state index is 0.192. The molecular weight excluding hydrogens is 214 g/mol. The predicted molar refractivity (Wildman–Crippen MR) is 76.4 cm³/mol. The Labute approximate surface area is 108 Å². The average molecular weight is 247 g/mol. The van der Waals surface area contributed by atoms with Crippen LogP contribution >= 0.6 is 0 Å². The van der Waals surface area contributed by atoms with E-state index in [1.54, 1.807) is 0 Å². The Morgan fingerprint density at radius 2 is 1.35 bits per heavy atom. The summed E-state index contributed by atoms with van der Waals surface area (Å²) in [6.07, 6.45) is 0.533. The minimum Gasteiger partial charge on any atom is -0.444 e. The summed E-state index contributed by atoms with van der Waals surface area (Å²) in [5.74, 6) is 0. The van der Waals surface area contributed by atoms with E-state index in [2.05, 4.69) is 5.32 Å². The van der Waals surface area contributed by atoms with Crippen LogP contribution in [-0.2, 0) is 4.74 Å². The van der Waals surface area contributed by atoms with Crippen molar-refractivity contribution in [3.63, 3.8) is 0 Å². The molecule has 0 heterocycles. The van der Waals surface area contributed by atoms with E-state index in [-0.39, 0.29) is 11.6 Å². The van der Waals surface area contributed by atoms with Crippen LogP contribution in [0, 0.1) is 0 Å². The summed E-state index contributed by atoms with van der Waals surface area (Å²) in [4.78, 5) is 11.3. The highest BCUT2D eigenvalue weighted by atomic mass is 16.6. The van der Waals surface area contributed by atoms with Gasteiger partial charge in [-0.2, -0.15) is 0 Å². The van der Waals surface area contributed by atoms with Gasteiger partial charge in [-0.1, -0.05) is 34.6 Å². The van der Waals surface area contributed by atoms with Crippen LogP contribution in [0.15, 0.2) is 0 Å². The van der Waals surface area contributed by atoms with E-state index in [1.807, 2.05) is 69.2 Å². The van der Waals surface area contributed by atoms with Crippen LogP contribution in [0.2, 0.25) is 0 Å². The third kappa shape index (κ3) is 17.9. The first-order chi connectivity index (χ1) is 7.66. The molecule has 0 spiro atoms. The monoisotopic (exact) mass is 247 g/mol. The molecule has 0 aliphatic rings. The second-order valence-electron chi connectivity index (χ2n) is 4.86. The Bertz CT molecular complexity index is 181. The van der Waals surface area contributed by atoms with Crippen molar-refractivity contribution in [3.05, 3.63) is 0 Å². The normalized spacial score (nSPS) is 10.2. The summed E-state index contributed by atoms with van der Waals surface area (Å²) in [7, 11) is 0. The quantitative estimate of drug-likeness (QED) is 0.764. The molecule has 0 atom stereocenters. The van der Waals surface area contributed by atoms with Crippen LogP contribution < -0.4 is 5.32 Å². The molecule has 1 amide bonds. The molecule has 106 valence electrons. The lowest BCUT2D eigenvalue weighted by Crippen LogP contribution is -2.45. The number of rotatable bonds is 2. The highest BCUT2D eigenvalue weighted by molar-refractivity contribution is 5.68. The van der Waals surface area contributed by atoms with Crippen molar-refractivity contribution < 1.29 is 9.53 Å². The van der Waals surface area contributed by atoms with Crippen molar-refractivity contribution in [1.29, 1.82) is 0 Å². The average Bonchev–Trinajstić information content (AvgIpc) is 2.20. The van der Waals surface area contributed by atoms with Crippen molar-refractivity contribution in [2.75, 3.05) is 0 Å². The van der Waals surface area contributed by atoms with Crippen LogP contribution in [0.25, 0.3) is 0 Å². The summed E-state index contributed by atoms with van der Waals surface area (Å²) in [6.45, 7) is 19.5. The summed E-state index contributed by atoms with van der Waals surface area (Å²) in [5.41, 5.74) is -0.615. The Morgan fingerprint density at radius 1 is 1.00 bits per heavy atom. The van der Waals surface area contributed by atoms with Gasteiger partial charge in [-0.3, -0.25) is 0 Å². The molecule has 0 aliphatic heterocycles. The van der Waals surface area contributed by atoms with E-state index in [0.717, 1.165) is 6.42 Å². The van der Waals surface area contributed by atoms with E-state index in [4.69, 9.17) is 4.74 Å². The zero-order valence-electron chi connectivity index (χ0n) is 13.5. The van der Waals surface area contributed by atoms with Crippen molar-refractivity contribution in [1.82, 2.24) is 5.32 Å². The summed E-state index contributed by atoms with van der Waals surface area (Å²) in [5, 5.41) is 2.80. The van der Waals surface area contributed by atoms with Gasteiger partial charge in [0.1, 0.15) is 5.60 Å². The minimum atomic E-state index is -0.423. The first kappa shape index (κ1) is 21.5. The Balaban J connectivity index is -0.000000439. The van der Waals surface area contributed by atoms with Gasteiger partial charge in [-0.05, 0) is 41.0 Å². The fourth-order valence-corrected chi connectivity index (χ4v) is 0.668. The van der Waals surface area contributed by atoms with E-state index in [1.165, 1.54) is 0 Å². The SMILES string of the molecule is CC.CC.CCC(C)(C)NC(=O)OC(C)(C)C. The first-order valence-corrected chi connectivity index (χ1v) is 6.67. The van der Waals surface area contributed by atoms with Crippen LogP contribution in [0.3, 0.4) is 0 Å². The van der Waals surface area contributed by atoms with Crippen molar-refractivity contribution >= 4 is 6.09 Å². The summed E-state index contributed by atoms with van der Waals surface area (Å²) >= 11 is 0. The van der Waals surface area contributed by atoms with E-state index in [0.29, 0.717) is 0 Å². The molecule has 0 fully saturated rings. The van der Waals surface area contributed by atoms with Crippen LogP contribution in [0.5, 0.6) is 0 Å². The third-order valence-electron chi connectivity index (χ3n) is 1.72. The third-order valence-corrected chi connectivity index (χ3v) is 1.72. The molecule has 0 saturated heterocycles. The lowest BCUT2D eigenvalue weighted by molar-refractivity contribution is 0.0470. The zero-order chi connectivity index (χ0) is 14.7. The molecule has 0 unspecified atom stereocenters. The van der Waals surface area contributed by atoms with Gasteiger partial charge in [0.25, 0.3) is 0 Å². The fourth-order valence-electron chi connectivity index (χ4n) is 0.668. The number of hydrogen-bond acceptors (Lipinski definition) is 2.